The highest BCUT2D eigenvalue weighted by Crippen LogP contribution is 2.39. The summed E-state index contributed by atoms with van der Waals surface area (Å²) in [7, 11) is -2.14. The largest absolute Gasteiger partial charge is 0.493 e. The standard InChI is InChI=1S/C22H23IN2O7S/c1-5-32-19-8-13(6-7-18(19)31-3)17(11-33(4,29)30)25-21(27)15-9-14(23)10-16(24-12(2)26)20(15)22(25)28/h6-10,17H,5,11H2,1-4H3,(H,24,26)/t17-/m1/s1. The van der Waals surface area contributed by atoms with Gasteiger partial charge in [0.15, 0.2) is 11.5 Å². The summed E-state index contributed by atoms with van der Waals surface area (Å²) < 4.78 is 36.1. The molecular formula is C22H23IN2O7S. The SMILES string of the molecule is CCOc1cc([C@@H](CS(C)(=O)=O)N2C(=O)c3cc(I)cc(NC(C)=O)c3C2=O)ccc1OC. The molecule has 33 heavy (non-hydrogen) atoms. The third-order valence-corrected chi connectivity index (χ3v) is 6.48. The van der Waals surface area contributed by atoms with E-state index in [9.17, 15) is 22.8 Å². The monoisotopic (exact) mass is 586 g/mol. The lowest BCUT2D eigenvalue weighted by Gasteiger charge is -2.27. The van der Waals surface area contributed by atoms with Crippen molar-refractivity contribution >= 4 is 55.8 Å². The first-order valence-electron chi connectivity index (χ1n) is 9.94. The van der Waals surface area contributed by atoms with Gasteiger partial charge in [0.05, 0.1) is 42.3 Å². The second-order valence-corrected chi connectivity index (χ2v) is 10.9. The summed E-state index contributed by atoms with van der Waals surface area (Å²) in [4.78, 5) is 39.4. The van der Waals surface area contributed by atoms with E-state index < -0.39 is 39.4 Å². The zero-order valence-electron chi connectivity index (χ0n) is 18.5. The van der Waals surface area contributed by atoms with E-state index in [4.69, 9.17) is 9.47 Å². The molecule has 1 aliphatic heterocycles. The van der Waals surface area contributed by atoms with Crippen molar-refractivity contribution in [1.29, 1.82) is 0 Å². The van der Waals surface area contributed by atoms with E-state index in [0.29, 0.717) is 27.2 Å². The number of sulfone groups is 1. The Morgan fingerprint density at radius 3 is 2.42 bits per heavy atom. The number of hydrogen-bond donors (Lipinski definition) is 1. The predicted octanol–water partition coefficient (Wildman–Crippen LogP) is 3.04. The zero-order valence-corrected chi connectivity index (χ0v) is 21.4. The molecular weight excluding hydrogens is 563 g/mol. The minimum atomic E-state index is -3.61. The van der Waals surface area contributed by atoms with Crippen LogP contribution >= 0.6 is 22.6 Å². The highest BCUT2D eigenvalue weighted by atomic mass is 127. The molecule has 0 radical (unpaired) electrons. The maximum absolute atomic E-state index is 13.5. The molecule has 1 aliphatic rings. The summed E-state index contributed by atoms with van der Waals surface area (Å²) in [5.41, 5.74) is 0.739. The van der Waals surface area contributed by atoms with Crippen molar-refractivity contribution in [3.63, 3.8) is 0 Å². The highest BCUT2D eigenvalue weighted by Gasteiger charge is 2.43. The van der Waals surface area contributed by atoms with Crippen molar-refractivity contribution in [2.45, 2.75) is 19.9 Å². The van der Waals surface area contributed by atoms with Crippen molar-refractivity contribution in [2.75, 3.05) is 31.0 Å². The Morgan fingerprint density at radius 1 is 1.15 bits per heavy atom. The molecule has 2 aromatic rings. The quantitative estimate of drug-likeness (QED) is 0.373. The van der Waals surface area contributed by atoms with Crippen LogP contribution in [0.2, 0.25) is 0 Å². The summed E-state index contributed by atoms with van der Waals surface area (Å²) in [5.74, 6) is -1.41. The van der Waals surface area contributed by atoms with Crippen LogP contribution in [0.25, 0.3) is 0 Å². The van der Waals surface area contributed by atoms with E-state index in [0.717, 1.165) is 11.2 Å². The molecule has 1 N–H and O–H groups in total. The molecule has 0 aliphatic carbocycles. The average molecular weight is 586 g/mol. The summed E-state index contributed by atoms with van der Waals surface area (Å²) in [6, 6.07) is 6.78. The molecule has 9 nitrogen and oxygen atoms in total. The number of carbonyl (C=O) groups is 3. The fourth-order valence-electron chi connectivity index (χ4n) is 3.70. The van der Waals surface area contributed by atoms with Crippen LogP contribution < -0.4 is 14.8 Å². The Hall–Kier alpha value is -2.67. The molecule has 0 bridgehead atoms. The molecule has 1 atom stereocenters. The molecule has 0 unspecified atom stereocenters. The number of fused-ring (bicyclic) bond motifs is 1. The van der Waals surface area contributed by atoms with Gasteiger partial charge < -0.3 is 14.8 Å². The number of anilines is 1. The second-order valence-electron chi connectivity index (χ2n) is 7.49. The zero-order chi connectivity index (χ0) is 24.5. The van der Waals surface area contributed by atoms with Gasteiger partial charge in [-0.25, -0.2) is 8.42 Å². The third kappa shape index (κ3) is 5.29. The number of hydrogen-bond acceptors (Lipinski definition) is 7. The van der Waals surface area contributed by atoms with E-state index in [1.807, 2.05) is 22.6 Å². The number of ether oxygens (including phenoxy) is 2. The lowest BCUT2D eigenvalue weighted by Crippen LogP contribution is -2.37. The topological polar surface area (TPSA) is 119 Å². The molecule has 0 saturated carbocycles. The minimum absolute atomic E-state index is 0.0349. The maximum Gasteiger partial charge on any atom is 0.264 e. The van der Waals surface area contributed by atoms with Crippen LogP contribution in [0, 0.1) is 3.57 Å². The van der Waals surface area contributed by atoms with Gasteiger partial charge in [-0.1, -0.05) is 6.07 Å². The van der Waals surface area contributed by atoms with Crippen molar-refractivity contribution in [2.24, 2.45) is 0 Å². The van der Waals surface area contributed by atoms with Gasteiger partial charge in [0.1, 0.15) is 9.84 Å². The Balaban J connectivity index is 2.16. The van der Waals surface area contributed by atoms with Crippen LogP contribution in [0.1, 0.15) is 46.2 Å². The smallest absolute Gasteiger partial charge is 0.264 e. The summed E-state index contributed by atoms with van der Waals surface area (Å²) in [6.45, 7) is 3.42. The fourth-order valence-corrected chi connectivity index (χ4v) is 5.23. The van der Waals surface area contributed by atoms with Gasteiger partial charge in [-0.05, 0) is 59.3 Å². The molecule has 1 heterocycles. The second kappa shape index (κ2) is 9.67. The molecule has 0 fully saturated rings. The van der Waals surface area contributed by atoms with Gasteiger partial charge in [-0.2, -0.15) is 0 Å². The Labute approximate surface area is 205 Å². The molecule has 0 saturated heterocycles. The van der Waals surface area contributed by atoms with Crippen LogP contribution in [-0.4, -0.2) is 56.8 Å². The maximum atomic E-state index is 13.5. The molecule has 3 rings (SSSR count). The Bertz CT molecular complexity index is 1240. The van der Waals surface area contributed by atoms with Crippen LogP contribution in [0.15, 0.2) is 30.3 Å². The number of carbonyl (C=O) groups excluding carboxylic acids is 3. The number of nitrogens with zero attached hydrogens (tertiary/aromatic N) is 1. The van der Waals surface area contributed by atoms with Gasteiger partial charge in [-0.15, -0.1) is 0 Å². The van der Waals surface area contributed by atoms with Crippen LogP contribution in [0.5, 0.6) is 11.5 Å². The molecule has 3 amide bonds. The van der Waals surface area contributed by atoms with Crippen LogP contribution in [0.4, 0.5) is 5.69 Å². The number of halogens is 1. The first-order valence-corrected chi connectivity index (χ1v) is 13.1. The summed E-state index contributed by atoms with van der Waals surface area (Å²) in [5, 5.41) is 2.59. The number of nitrogens with one attached hydrogen (secondary N) is 1. The van der Waals surface area contributed by atoms with E-state index in [2.05, 4.69) is 5.32 Å². The van der Waals surface area contributed by atoms with Gasteiger partial charge >= 0.3 is 0 Å². The van der Waals surface area contributed by atoms with Gasteiger partial charge in [0.2, 0.25) is 5.91 Å². The highest BCUT2D eigenvalue weighted by molar-refractivity contribution is 14.1. The molecule has 11 heteroatoms. The molecule has 0 aromatic heterocycles. The van der Waals surface area contributed by atoms with E-state index >= 15 is 0 Å². The fraction of sp³-hybridized carbons (Fsp3) is 0.318. The Kier molecular flexibility index (Phi) is 7.32. The normalized spacial score (nSPS) is 14.2. The van der Waals surface area contributed by atoms with Crippen LogP contribution in [0.3, 0.4) is 0 Å². The number of amides is 3. The van der Waals surface area contributed by atoms with E-state index in [1.54, 1.807) is 37.3 Å². The lowest BCUT2D eigenvalue weighted by atomic mass is 10.1. The first kappa shape index (κ1) is 25.0. The van der Waals surface area contributed by atoms with Gasteiger partial charge in [0, 0.05) is 16.7 Å². The van der Waals surface area contributed by atoms with E-state index in [-0.39, 0.29) is 16.8 Å². The minimum Gasteiger partial charge on any atom is -0.493 e. The van der Waals surface area contributed by atoms with Gasteiger partial charge in [0.25, 0.3) is 11.8 Å². The number of imide groups is 1. The van der Waals surface area contributed by atoms with Crippen molar-refractivity contribution in [1.82, 2.24) is 4.90 Å². The molecule has 176 valence electrons. The third-order valence-electron chi connectivity index (χ3n) is 4.94. The summed E-state index contributed by atoms with van der Waals surface area (Å²) in [6.07, 6.45) is 1.04. The molecule has 2 aromatic carbocycles. The number of rotatable bonds is 8. The van der Waals surface area contributed by atoms with Crippen molar-refractivity contribution in [3.05, 3.63) is 50.6 Å². The van der Waals surface area contributed by atoms with Crippen LogP contribution in [-0.2, 0) is 14.6 Å². The average Bonchev–Trinajstić information content (AvgIpc) is 2.95. The number of benzene rings is 2. The molecule has 0 spiro atoms. The van der Waals surface area contributed by atoms with E-state index in [1.165, 1.54) is 14.0 Å². The summed E-state index contributed by atoms with van der Waals surface area (Å²) >= 11 is 1.98. The van der Waals surface area contributed by atoms with Gasteiger partial charge in [-0.3, -0.25) is 19.3 Å². The predicted molar refractivity (Wildman–Crippen MR) is 131 cm³/mol. The number of methoxy groups -OCH3 is 1. The lowest BCUT2D eigenvalue weighted by molar-refractivity contribution is -0.114. The Morgan fingerprint density at radius 2 is 1.85 bits per heavy atom. The van der Waals surface area contributed by atoms with Crippen molar-refractivity contribution < 1.29 is 32.3 Å². The first-order chi connectivity index (χ1) is 15.5. The van der Waals surface area contributed by atoms with Crippen molar-refractivity contribution in [3.8, 4) is 11.5 Å².